The number of carbonyl (C=O) groups is 3. The molecule has 9 nitrogen and oxygen atoms in total. The average Bonchev–Trinajstić information content (AvgIpc) is 3.04. The summed E-state index contributed by atoms with van der Waals surface area (Å²) in [4.78, 5) is 49.0. The maximum atomic E-state index is 13.9. The Labute approximate surface area is 258 Å². The third kappa shape index (κ3) is 6.23. The third-order valence-electron chi connectivity index (χ3n) is 9.53. The van der Waals surface area contributed by atoms with Gasteiger partial charge >= 0.3 is 0 Å². The number of nitrogens with one attached hydrogen (secondary N) is 1. The Kier molecular flexibility index (Phi) is 9.00. The van der Waals surface area contributed by atoms with Crippen LogP contribution in [-0.4, -0.2) is 78.9 Å². The van der Waals surface area contributed by atoms with E-state index in [0.717, 1.165) is 47.7 Å². The van der Waals surface area contributed by atoms with E-state index in [1.165, 1.54) is 0 Å². The molecule has 232 valence electrons. The highest BCUT2D eigenvalue weighted by molar-refractivity contribution is 6.05. The van der Waals surface area contributed by atoms with Gasteiger partial charge in [-0.25, -0.2) is 0 Å². The molecule has 4 bridgehead atoms. The van der Waals surface area contributed by atoms with Crippen LogP contribution >= 0.6 is 0 Å². The molecule has 6 rings (SSSR count). The molecule has 2 aromatic carbocycles. The van der Waals surface area contributed by atoms with Gasteiger partial charge < -0.3 is 24.6 Å². The Morgan fingerprint density at radius 2 is 1.82 bits per heavy atom. The summed E-state index contributed by atoms with van der Waals surface area (Å²) in [5.41, 5.74) is 3.41. The SMILES string of the molecule is COc1cc2cc(c1OC)CCCNC(=O)CCC[C@H]1[C@H]3C[C@@H](CN(C(=O)c4cccc5cccnc45)C3)CN1C(=O)CC2. The van der Waals surface area contributed by atoms with Crippen LogP contribution in [0.25, 0.3) is 10.9 Å². The van der Waals surface area contributed by atoms with Gasteiger partial charge in [0.05, 0.1) is 25.3 Å². The number of amides is 3. The molecule has 3 amide bonds. The lowest BCUT2D eigenvalue weighted by Crippen LogP contribution is -2.60. The second-order valence-electron chi connectivity index (χ2n) is 12.4. The quantitative estimate of drug-likeness (QED) is 0.480. The number of nitrogens with zero attached hydrogens (tertiary/aromatic N) is 3. The summed E-state index contributed by atoms with van der Waals surface area (Å²) in [6, 6.07) is 13.7. The molecule has 1 aromatic heterocycles. The fourth-order valence-corrected chi connectivity index (χ4v) is 7.52. The summed E-state index contributed by atoms with van der Waals surface area (Å²) in [5, 5.41) is 4.02. The topological polar surface area (TPSA) is 101 Å². The van der Waals surface area contributed by atoms with Crippen molar-refractivity contribution in [3.05, 3.63) is 65.4 Å². The number of methoxy groups -OCH3 is 2. The molecule has 0 spiro atoms. The Hall–Kier alpha value is -4.14. The van der Waals surface area contributed by atoms with Gasteiger partial charge in [0.1, 0.15) is 0 Å². The van der Waals surface area contributed by atoms with Gasteiger partial charge in [0.25, 0.3) is 5.91 Å². The second kappa shape index (κ2) is 13.2. The Morgan fingerprint density at radius 1 is 0.955 bits per heavy atom. The first-order valence-corrected chi connectivity index (χ1v) is 15.9. The lowest BCUT2D eigenvalue weighted by atomic mass is 9.77. The molecule has 3 aliphatic rings. The van der Waals surface area contributed by atoms with Crippen molar-refractivity contribution in [1.29, 1.82) is 0 Å². The van der Waals surface area contributed by atoms with Gasteiger partial charge in [0.15, 0.2) is 11.5 Å². The van der Waals surface area contributed by atoms with Crippen molar-refractivity contribution < 1.29 is 23.9 Å². The van der Waals surface area contributed by atoms with Crippen LogP contribution in [0.3, 0.4) is 0 Å². The van der Waals surface area contributed by atoms with Crippen molar-refractivity contribution in [2.24, 2.45) is 11.8 Å². The van der Waals surface area contributed by atoms with Crippen LogP contribution in [0.5, 0.6) is 11.5 Å². The first-order chi connectivity index (χ1) is 21.4. The van der Waals surface area contributed by atoms with Crippen LogP contribution in [0.2, 0.25) is 0 Å². The molecular formula is C35H42N4O5. The number of rotatable bonds is 3. The van der Waals surface area contributed by atoms with Gasteiger partial charge in [-0.1, -0.05) is 24.3 Å². The molecule has 2 saturated heterocycles. The number of likely N-dealkylation sites (tertiary alicyclic amines) is 1. The molecule has 1 N–H and O–H groups in total. The Balaban J connectivity index is 1.24. The molecule has 3 aromatic rings. The zero-order chi connectivity index (χ0) is 30.6. The van der Waals surface area contributed by atoms with Gasteiger partial charge in [-0.05, 0) is 79.7 Å². The number of fused-ring (bicyclic) bond motifs is 7. The molecular weight excluding hydrogens is 556 g/mol. The zero-order valence-electron chi connectivity index (χ0n) is 25.7. The van der Waals surface area contributed by atoms with Gasteiger partial charge in [0, 0.05) is 56.6 Å². The predicted molar refractivity (Wildman–Crippen MR) is 168 cm³/mol. The number of hydrogen-bond acceptors (Lipinski definition) is 6. The van der Waals surface area contributed by atoms with E-state index in [2.05, 4.69) is 21.3 Å². The number of pyridine rings is 1. The lowest BCUT2D eigenvalue weighted by molar-refractivity contribution is -0.140. The highest BCUT2D eigenvalue weighted by Crippen LogP contribution is 2.38. The first-order valence-electron chi connectivity index (χ1n) is 15.9. The maximum Gasteiger partial charge on any atom is 0.256 e. The van der Waals surface area contributed by atoms with Crippen molar-refractivity contribution in [1.82, 2.24) is 20.1 Å². The van der Waals surface area contributed by atoms with E-state index in [0.29, 0.717) is 68.9 Å². The third-order valence-corrected chi connectivity index (χ3v) is 9.53. The van der Waals surface area contributed by atoms with Crippen LogP contribution in [0.1, 0.15) is 60.0 Å². The minimum atomic E-state index is -0.0123. The molecule has 0 unspecified atom stereocenters. The number of hydrogen-bond donors (Lipinski definition) is 1. The predicted octanol–water partition coefficient (Wildman–Crippen LogP) is 4.41. The van der Waals surface area contributed by atoms with Crippen LogP contribution in [-0.2, 0) is 22.4 Å². The zero-order valence-corrected chi connectivity index (χ0v) is 25.7. The normalized spacial score (nSPS) is 23.1. The van der Waals surface area contributed by atoms with Crippen LogP contribution < -0.4 is 14.8 Å². The Bertz CT molecular complexity index is 1540. The van der Waals surface area contributed by atoms with E-state index < -0.39 is 0 Å². The molecule has 9 heteroatoms. The largest absolute Gasteiger partial charge is 0.493 e. The standard InChI is InChI=1S/C35H42N4O5/c1-43-30-19-23-13-14-32(41)39-21-24-18-27(22-38(20-24)35(42)28-10-3-7-25-8-5-16-37-33(25)28)29(39)11-4-12-31(40)36-15-6-9-26(17-23)34(30)44-2/h3,5,7-8,10,16-17,19,24,27,29H,4,6,9,11-15,18,20-22H2,1-2H3,(H,36,40)/t24-,27-,29-/m0/s1. The molecule has 3 aliphatic heterocycles. The first kappa shape index (κ1) is 29.9. The van der Waals surface area contributed by atoms with Crippen molar-refractivity contribution >= 4 is 28.6 Å². The van der Waals surface area contributed by atoms with Crippen LogP contribution in [0, 0.1) is 11.8 Å². The van der Waals surface area contributed by atoms with Crippen molar-refractivity contribution in [2.75, 3.05) is 40.4 Å². The maximum absolute atomic E-state index is 13.9. The van der Waals surface area contributed by atoms with Crippen molar-refractivity contribution in [3.63, 3.8) is 0 Å². The van der Waals surface area contributed by atoms with Gasteiger partial charge in [-0.15, -0.1) is 0 Å². The van der Waals surface area contributed by atoms with E-state index in [-0.39, 0.29) is 35.6 Å². The number of piperidine rings is 2. The van der Waals surface area contributed by atoms with Crippen LogP contribution in [0.15, 0.2) is 48.7 Å². The average molecular weight is 599 g/mol. The van der Waals surface area contributed by atoms with E-state index >= 15 is 0 Å². The lowest BCUT2D eigenvalue weighted by Gasteiger charge is -2.51. The second-order valence-corrected chi connectivity index (χ2v) is 12.4. The van der Waals surface area contributed by atoms with Gasteiger partial charge in [-0.2, -0.15) is 0 Å². The summed E-state index contributed by atoms with van der Waals surface area (Å²) in [6.45, 7) is 2.43. The molecule has 3 atom stereocenters. The van der Waals surface area contributed by atoms with Gasteiger partial charge in [-0.3, -0.25) is 19.4 Å². The minimum absolute atomic E-state index is 0.000572. The monoisotopic (exact) mass is 598 g/mol. The van der Waals surface area contributed by atoms with E-state index in [4.69, 9.17) is 9.47 Å². The number of ether oxygens (including phenoxy) is 2. The van der Waals surface area contributed by atoms with E-state index in [1.54, 1.807) is 20.4 Å². The molecule has 2 fully saturated rings. The fraction of sp³-hybridized carbons (Fsp3) is 0.486. The van der Waals surface area contributed by atoms with Crippen molar-refractivity contribution in [2.45, 2.75) is 57.4 Å². The molecule has 44 heavy (non-hydrogen) atoms. The summed E-state index contributed by atoms with van der Waals surface area (Å²) in [7, 11) is 3.27. The molecule has 0 radical (unpaired) electrons. The smallest absolute Gasteiger partial charge is 0.256 e. The van der Waals surface area contributed by atoms with Crippen molar-refractivity contribution in [3.8, 4) is 11.5 Å². The minimum Gasteiger partial charge on any atom is -0.493 e. The summed E-state index contributed by atoms with van der Waals surface area (Å²) in [6.07, 6.45) is 7.11. The van der Waals surface area contributed by atoms with E-state index in [9.17, 15) is 14.4 Å². The Morgan fingerprint density at radius 3 is 2.66 bits per heavy atom. The number of aryl methyl sites for hydroxylation is 2. The molecule has 0 saturated carbocycles. The molecule has 0 aliphatic carbocycles. The fourth-order valence-electron chi connectivity index (χ4n) is 7.52. The van der Waals surface area contributed by atoms with Gasteiger partial charge in [0.2, 0.25) is 11.8 Å². The highest BCUT2D eigenvalue weighted by Gasteiger charge is 2.43. The highest BCUT2D eigenvalue weighted by atomic mass is 16.5. The van der Waals surface area contributed by atoms with Crippen LogP contribution in [0.4, 0.5) is 0 Å². The summed E-state index contributed by atoms with van der Waals surface area (Å²) in [5.74, 6) is 1.91. The number of para-hydroxylation sites is 1. The van der Waals surface area contributed by atoms with E-state index in [1.807, 2.05) is 41.3 Å². The summed E-state index contributed by atoms with van der Waals surface area (Å²) < 4.78 is 11.3. The molecule has 4 heterocycles. The summed E-state index contributed by atoms with van der Waals surface area (Å²) >= 11 is 0. The number of carbonyl (C=O) groups excluding carboxylic acids is 3. The number of benzene rings is 2. The number of aromatic nitrogens is 1.